The van der Waals surface area contributed by atoms with Crippen molar-refractivity contribution in [2.24, 2.45) is 0 Å². The summed E-state index contributed by atoms with van der Waals surface area (Å²) in [5.41, 5.74) is 1.56. The van der Waals surface area contributed by atoms with Crippen LogP contribution in [0.25, 0.3) is 0 Å². The summed E-state index contributed by atoms with van der Waals surface area (Å²) in [7, 11) is 1.36. The van der Waals surface area contributed by atoms with E-state index in [0.717, 1.165) is 6.42 Å². The van der Waals surface area contributed by atoms with Crippen LogP contribution in [0, 0.1) is 0 Å². The van der Waals surface area contributed by atoms with Crippen LogP contribution in [0.3, 0.4) is 0 Å². The maximum atomic E-state index is 11.1. The number of ether oxygens (including phenoxy) is 1. The van der Waals surface area contributed by atoms with E-state index in [1.165, 1.54) is 38.4 Å². The number of methoxy groups -OCH3 is 1. The number of aromatic nitrogens is 1. The van der Waals surface area contributed by atoms with Crippen LogP contribution >= 0.6 is 0 Å². The number of pyridine rings is 1. The Labute approximate surface area is 96.8 Å². The van der Waals surface area contributed by atoms with Crippen molar-refractivity contribution in [3.05, 3.63) is 29.6 Å². The second kappa shape index (κ2) is 6.99. The van der Waals surface area contributed by atoms with Gasteiger partial charge < -0.3 is 4.74 Å². The molecule has 16 heavy (non-hydrogen) atoms. The van der Waals surface area contributed by atoms with E-state index in [9.17, 15) is 4.79 Å². The maximum Gasteiger partial charge on any atom is 0.356 e. The first-order valence-electron chi connectivity index (χ1n) is 5.81. The number of esters is 1. The Hall–Kier alpha value is -1.38. The zero-order chi connectivity index (χ0) is 11.8. The highest BCUT2D eigenvalue weighted by Gasteiger charge is 2.05. The smallest absolute Gasteiger partial charge is 0.356 e. The van der Waals surface area contributed by atoms with E-state index in [0.29, 0.717) is 5.69 Å². The van der Waals surface area contributed by atoms with Crippen molar-refractivity contribution in [1.82, 2.24) is 4.98 Å². The van der Waals surface area contributed by atoms with E-state index >= 15 is 0 Å². The highest BCUT2D eigenvalue weighted by Crippen LogP contribution is 2.08. The molecular weight excluding hydrogens is 202 g/mol. The lowest BCUT2D eigenvalue weighted by Gasteiger charge is -2.02. The van der Waals surface area contributed by atoms with E-state index in [1.54, 1.807) is 12.3 Å². The van der Waals surface area contributed by atoms with E-state index in [2.05, 4.69) is 16.6 Å². The summed E-state index contributed by atoms with van der Waals surface area (Å²) in [6.07, 6.45) is 7.78. The molecule has 0 atom stereocenters. The molecule has 0 spiro atoms. The van der Waals surface area contributed by atoms with E-state index in [1.807, 2.05) is 6.07 Å². The molecule has 0 aliphatic carbocycles. The summed E-state index contributed by atoms with van der Waals surface area (Å²) < 4.78 is 4.59. The molecule has 1 heterocycles. The molecule has 0 unspecified atom stereocenters. The zero-order valence-corrected chi connectivity index (χ0v) is 10.0. The van der Waals surface area contributed by atoms with Crippen LogP contribution in [-0.4, -0.2) is 18.1 Å². The lowest BCUT2D eigenvalue weighted by atomic mass is 10.1. The molecule has 3 nitrogen and oxygen atoms in total. The maximum absolute atomic E-state index is 11.1. The largest absolute Gasteiger partial charge is 0.464 e. The number of carbonyl (C=O) groups is 1. The number of carbonyl (C=O) groups excluding carboxylic acids is 1. The van der Waals surface area contributed by atoms with Gasteiger partial charge >= 0.3 is 5.97 Å². The quantitative estimate of drug-likeness (QED) is 0.547. The monoisotopic (exact) mass is 221 g/mol. The van der Waals surface area contributed by atoms with Gasteiger partial charge in [-0.3, -0.25) is 0 Å². The van der Waals surface area contributed by atoms with Crippen LogP contribution in [0.15, 0.2) is 18.3 Å². The average Bonchev–Trinajstić information content (AvgIpc) is 2.34. The summed E-state index contributed by atoms with van der Waals surface area (Å²) in [6, 6.07) is 3.67. The highest BCUT2D eigenvalue weighted by atomic mass is 16.5. The van der Waals surface area contributed by atoms with Gasteiger partial charge in [-0.2, -0.15) is 0 Å². The Bertz CT molecular complexity index is 319. The minimum absolute atomic E-state index is 0.375. The molecule has 0 aromatic carbocycles. The summed E-state index contributed by atoms with van der Waals surface area (Å²) in [5.74, 6) is -0.377. The molecule has 1 aromatic rings. The second-order valence-corrected chi connectivity index (χ2v) is 3.85. The fraction of sp³-hybridized carbons (Fsp3) is 0.538. The van der Waals surface area contributed by atoms with Crippen LogP contribution in [0.1, 0.15) is 48.7 Å². The molecule has 0 aliphatic heterocycles. The molecule has 0 aliphatic rings. The summed E-state index contributed by atoms with van der Waals surface area (Å²) in [6.45, 7) is 2.20. The third kappa shape index (κ3) is 4.01. The summed E-state index contributed by atoms with van der Waals surface area (Å²) in [4.78, 5) is 15.2. The topological polar surface area (TPSA) is 39.2 Å². The molecule has 88 valence electrons. The first-order chi connectivity index (χ1) is 7.77. The van der Waals surface area contributed by atoms with Gasteiger partial charge in [-0.05, 0) is 24.5 Å². The Morgan fingerprint density at radius 2 is 2.12 bits per heavy atom. The number of unbranched alkanes of at least 4 members (excludes halogenated alkanes) is 3. The average molecular weight is 221 g/mol. The molecule has 1 rings (SSSR count). The van der Waals surface area contributed by atoms with E-state index in [-0.39, 0.29) is 5.97 Å². The Balaban J connectivity index is 2.42. The van der Waals surface area contributed by atoms with Crippen LogP contribution in [0.5, 0.6) is 0 Å². The molecule has 0 saturated heterocycles. The molecule has 0 saturated carbocycles. The van der Waals surface area contributed by atoms with Crippen molar-refractivity contribution in [3.8, 4) is 0 Å². The van der Waals surface area contributed by atoms with Crippen LogP contribution < -0.4 is 0 Å². The van der Waals surface area contributed by atoms with Crippen molar-refractivity contribution in [2.45, 2.75) is 39.0 Å². The van der Waals surface area contributed by atoms with Gasteiger partial charge in [0.15, 0.2) is 0 Å². The third-order valence-electron chi connectivity index (χ3n) is 2.54. The number of nitrogens with zero attached hydrogens (tertiary/aromatic N) is 1. The normalized spacial score (nSPS) is 10.1. The van der Waals surface area contributed by atoms with Gasteiger partial charge in [0.05, 0.1) is 7.11 Å². The lowest BCUT2D eigenvalue weighted by Crippen LogP contribution is -2.04. The number of hydrogen-bond donors (Lipinski definition) is 0. The number of hydrogen-bond acceptors (Lipinski definition) is 3. The van der Waals surface area contributed by atoms with Gasteiger partial charge in [-0.1, -0.05) is 32.3 Å². The van der Waals surface area contributed by atoms with Gasteiger partial charge in [0, 0.05) is 6.20 Å². The standard InChI is InChI=1S/C13H19NO2/c1-3-4-5-6-7-11-8-9-12(14-10-11)13(15)16-2/h8-10H,3-7H2,1-2H3. The Morgan fingerprint density at radius 3 is 2.69 bits per heavy atom. The van der Waals surface area contributed by atoms with Gasteiger partial charge in [0.25, 0.3) is 0 Å². The van der Waals surface area contributed by atoms with Crippen LogP contribution in [0.4, 0.5) is 0 Å². The molecule has 0 N–H and O–H groups in total. The first kappa shape index (κ1) is 12.7. The minimum Gasteiger partial charge on any atom is -0.464 e. The van der Waals surface area contributed by atoms with Crippen molar-refractivity contribution < 1.29 is 9.53 Å². The second-order valence-electron chi connectivity index (χ2n) is 3.85. The minimum atomic E-state index is -0.377. The summed E-state index contributed by atoms with van der Waals surface area (Å²) >= 11 is 0. The summed E-state index contributed by atoms with van der Waals surface area (Å²) in [5, 5.41) is 0. The molecule has 1 aromatic heterocycles. The highest BCUT2D eigenvalue weighted by molar-refractivity contribution is 5.86. The van der Waals surface area contributed by atoms with Gasteiger partial charge in [-0.25, -0.2) is 9.78 Å². The molecule has 0 bridgehead atoms. The van der Waals surface area contributed by atoms with Crippen molar-refractivity contribution >= 4 is 5.97 Å². The number of rotatable bonds is 6. The fourth-order valence-corrected chi connectivity index (χ4v) is 1.55. The van der Waals surface area contributed by atoms with Crippen molar-refractivity contribution in [1.29, 1.82) is 0 Å². The van der Waals surface area contributed by atoms with Crippen molar-refractivity contribution in [3.63, 3.8) is 0 Å². The van der Waals surface area contributed by atoms with Gasteiger partial charge in [-0.15, -0.1) is 0 Å². The van der Waals surface area contributed by atoms with Crippen LogP contribution in [-0.2, 0) is 11.2 Å². The Morgan fingerprint density at radius 1 is 1.31 bits per heavy atom. The number of aryl methyl sites for hydroxylation is 1. The predicted octanol–water partition coefficient (Wildman–Crippen LogP) is 2.99. The predicted molar refractivity (Wildman–Crippen MR) is 63.4 cm³/mol. The van der Waals surface area contributed by atoms with Crippen LogP contribution in [0.2, 0.25) is 0 Å². The SMILES string of the molecule is CCCCCCc1ccc(C(=O)OC)nc1. The molecule has 0 radical (unpaired) electrons. The molecule has 0 amide bonds. The Kier molecular flexibility index (Phi) is 5.54. The third-order valence-corrected chi connectivity index (χ3v) is 2.54. The van der Waals surface area contributed by atoms with E-state index < -0.39 is 0 Å². The zero-order valence-electron chi connectivity index (χ0n) is 10.0. The molecular formula is C13H19NO2. The molecule has 0 fully saturated rings. The van der Waals surface area contributed by atoms with Gasteiger partial charge in [0.1, 0.15) is 5.69 Å². The fourth-order valence-electron chi connectivity index (χ4n) is 1.55. The molecule has 3 heteroatoms. The van der Waals surface area contributed by atoms with E-state index in [4.69, 9.17) is 0 Å². The first-order valence-corrected chi connectivity index (χ1v) is 5.81. The van der Waals surface area contributed by atoms with Gasteiger partial charge in [0.2, 0.25) is 0 Å². The van der Waals surface area contributed by atoms with Crippen molar-refractivity contribution in [2.75, 3.05) is 7.11 Å². The lowest BCUT2D eigenvalue weighted by molar-refractivity contribution is 0.0594.